The summed E-state index contributed by atoms with van der Waals surface area (Å²) in [5.41, 5.74) is 1.14. The number of rotatable bonds is 10. The predicted molar refractivity (Wildman–Crippen MR) is 78.4 cm³/mol. The summed E-state index contributed by atoms with van der Waals surface area (Å²) in [6.45, 7) is 4.36. The quantitative estimate of drug-likeness (QED) is 0.638. The van der Waals surface area contributed by atoms with Gasteiger partial charge in [-0.25, -0.2) is 0 Å². The highest BCUT2D eigenvalue weighted by molar-refractivity contribution is 5.42. The lowest BCUT2D eigenvalue weighted by molar-refractivity contribution is 0.0319. The van der Waals surface area contributed by atoms with Gasteiger partial charge in [-0.05, 0) is 30.7 Å². The topological polar surface area (TPSA) is 60.0 Å². The molecule has 0 aliphatic carbocycles. The molecule has 114 valence electrons. The number of hydrogen-bond donors (Lipinski definition) is 2. The zero-order valence-corrected chi connectivity index (χ0v) is 12.5. The molecule has 0 fully saturated rings. The molecule has 0 amide bonds. The van der Waals surface area contributed by atoms with Gasteiger partial charge in [-0.3, -0.25) is 0 Å². The smallest absolute Gasteiger partial charge is 0.161 e. The van der Waals surface area contributed by atoms with Crippen molar-refractivity contribution < 1.29 is 19.3 Å². The van der Waals surface area contributed by atoms with Crippen LogP contribution in [0.4, 0.5) is 0 Å². The number of aliphatic hydroxyl groups is 1. The lowest BCUT2D eigenvalue weighted by Crippen LogP contribution is -2.22. The van der Waals surface area contributed by atoms with E-state index in [9.17, 15) is 5.11 Å². The minimum atomic E-state index is -0.643. The van der Waals surface area contributed by atoms with Crippen LogP contribution in [0.25, 0.3) is 0 Å². The summed E-state index contributed by atoms with van der Waals surface area (Å²) in [6, 6.07) is 5.80. The summed E-state index contributed by atoms with van der Waals surface area (Å²) in [7, 11) is 3.15. The zero-order chi connectivity index (χ0) is 14.8. The van der Waals surface area contributed by atoms with Gasteiger partial charge in [0.15, 0.2) is 11.5 Å². The number of ether oxygens (including phenoxy) is 3. The Balaban J connectivity index is 2.58. The normalized spacial score (nSPS) is 12.2. The van der Waals surface area contributed by atoms with Gasteiger partial charge in [-0.1, -0.05) is 13.0 Å². The maximum atomic E-state index is 9.57. The van der Waals surface area contributed by atoms with Gasteiger partial charge in [-0.2, -0.15) is 0 Å². The zero-order valence-electron chi connectivity index (χ0n) is 12.5. The van der Waals surface area contributed by atoms with Gasteiger partial charge in [0.05, 0.1) is 13.7 Å². The van der Waals surface area contributed by atoms with Crippen molar-refractivity contribution in [3.63, 3.8) is 0 Å². The van der Waals surface area contributed by atoms with E-state index in [1.165, 1.54) is 0 Å². The third kappa shape index (κ3) is 5.77. The highest BCUT2D eigenvalue weighted by Crippen LogP contribution is 2.28. The van der Waals surface area contributed by atoms with Crippen LogP contribution in [0.1, 0.15) is 18.9 Å². The van der Waals surface area contributed by atoms with E-state index in [-0.39, 0.29) is 13.2 Å². The fraction of sp³-hybridized carbons (Fsp3) is 0.600. The lowest BCUT2D eigenvalue weighted by atomic mass is 10.2. The number of nitrogens with one attached hydrogen (secondary N) is 1. The summed E-state index contributed by atoms with van der Waals surface area (Å²) in [5, 5.41) is 12.9. The summed E-state index contributed by atoms with van der Waals surface area (Å²) >= 11 is 0. The molecule has 2 N–H and O–H groups in total. The molecule has 0 bridgehead atoms. The minimum Gasteiger partial charge on any atom is -0.493 e. The number of benzene rings is 1. The molecule has 5 nitrogen and oxygen atoms in total. The van der Waals surface area contributed by atoms with Crippen molar-refractivity contribution in [1.29, 1.82) is 0 Å². The van der Waals surface area contributed by atoms with Crippen molar-refractivity contribution in [1.82, 2.24) is 5.32 Å². The third-order valence-corrected chi connectivity index (χ3v) is 2.77. The molecule has 20 heavy (non-hydrogen) atoms. The van der Waals surface area contributed by atoms with Crippen molar-refractivity contribution in [2.75, 3.05) is 34.0 Å². The first kappa shape index (κ1) is 16.8. The molecular formula is C15H25NO4. The second-order valence-electron chi connectivity index (χ2n) is 4.58. The van der Waals surface area contributed by atoms with Crippen molar-refractivity contribution in [3.8, 4) is 11.5 Å². The maximum absolute atomic E-state index is 9.57. The molecule has 0 aliphatic rings. The van der Waals surface area contributed by atoms with Crippen LogP contribution >= 0.6 is 0 Å². The van der Waals surface area contributed by atoms with Crippen LogP contribution < -0.4 is 14.8 Å². The molecule has 0 radical (unpaired) electrons. The Morgan fingerprint density at radius 3 is 2.65 bits per heavy atom. The molecule has 1 atom stereocenters. The lowest BCUT2D eigenvalue weighted by Gasteiger charge is -2.15. The van der Waals surface area contributed by atoms with E-state index in [2.05, 4.69) is 12.2 Å². The van der Waals surface area contributed by atoms with Crippen LogP contribution in [0.5, 0.6) is 11.5 Å². The van der Waals surface area contributed by atoms with Gasteiger partial charge in [-0.15, -0.1) is 0 Å². The van der Waals surface area contributed by atoms with E-state index in [0.29, 0.717) is 11.5 Å². The second kappa shape index (κ2) is 9.58. The van der Waals surface area contributed by atoms with Crippen LogP contribution in [-0.2, 0) is 11.3 Å². The van der Waals surface area contributed by atoms with Gasteiger partial charge < -0.3 is 24.6 Å². The van der Waals surface area contributed by atoms with Crippen molar-refractivity contribution in [2.24, 2.45) is 0 Å². The fourth-order valence-electron chi connectivity index (χ4n) is 1.78. The Bertz CT molecular complexity index is 384. The molecule has 0 heterocycles. The van der Waals surface area contributed by atoms with E-state index >= 15 is 0 Å². The van der Waals surface area contributed by atoms with Gasteiger partial charge in [0.1, 0.15) is 12.7 Å². The van der Waals surface area contributed by atoms with Crippen LogP contribution in [-0.4, -0.2) is 45.2 Å². The second-order valence-corrected chi connectivity index (χ2v) is 4.58. The van der Waals surface area contributed by atoms with Gasteiger partial charge in [0.2, 0.25) is 0 Å². The fourth-order valence-corrected chi connectivity index (χ4v) is 1.78. The Labute approximate surface area is 120 Å². The van der Waals surface area contributed by atoms with Crippen molar-refractivity contribution in [2.45, 2.75) is 26.0 Å². The first-order chi connectivity index (χ1) is 9.71. The molecule has 1 aromatic carbocycles. The molecular weight excluding hydrogens is 258 g/mol. The van der Waals surface area contributed by atoms with E-state index in [1.807, 2.05) is 18.2 Å². The summed E-state index contributed by atoms with van der Waals surface area (Å²) in [6.07, 6.45) is 0.464. The first-order valence-electron chi connectivity index (χ1n) is 6.88. The van der Waals surface area contributed by atoms with Crippen LogP contribution in [0, 0.1) is 0 Å². The van der Waals surface area contributed by atoms with Crippen molar-refractivity contribution in [3.05, 3.63) is 23.8 Å². The van der Waals surface area contributed by atoms with E-state index in [1.54, 1.807) is 14.2 Å². The first-order valence-corrected chi connectivity index (χ1v) is 6.88. The van der Waals surface area contributed by atoms with E-state index in [0.717, 1.165) is 25.1 Å². The number of aliphatic hydroxyl groups excluding tert-OH is 1. The van der Waals surface area contributed by atoms with E-state index in [4.69, 9.17) is 14.2 Å². The maximum Gasteiger partial charge on any atom is 0.161 e. The molecule has 0 aromatic heterocycles. The predicted octanol–water partition coefficient (Wildman–Crippen LogP) is 1.58. The minimum absolute atomic E-state index is 0.178. The highest BCUT2D eigenvalue weighted by atomic mass is 16.5. The van der Waals surface area contributed by atoms with Gasteiger partial charge >= 0.3 is 0 Å². The van der Waals surface area contributed by atoms with Crippen molar-refractivity contribution >= 4 is 0 Å². The summed E-state index contributed by atoms with van der Waals surface area (Å²) in [4.78, 5) is 0. The van der Waals surface area contributed by atoms with Crippen LogP contribution in [0.3, 0.4) is 0 Å². The highest BCUT2D eigenvalue weighted by Gasteiger charge is 2.09. The Morgan fingerprint density at radius 1 is 1.20 bits per heavy atom. The molecule has 5 heteroatoms. The monoisotopic (exact) mass is 283 g/mol. The third-order valence-electron chi connectivity index (χ3n) is 2.77. The summed E-state index contributed by atoms with van der Waals surface area (Å²) in [5.74, 6) is 1.30. The molecule has 0 saturated carbocycles. The SMILES string of the molecule is CCCNCc1ccc(OCC(O)COC)c(OC)c1. The summed E-state index contributed by atoms with van der Waals surface area (Å²) < 4.78 is 15.7. The number of methoxy groups -OCH3 is 2. The van der Waals surface area contributed by atoms with Crippen LogP contribution in [0.2, 0.25) is 0 Å². The molecule has 0 saturated heterocycles. The molecule has 0 spiro atoms. The standard InChI is InChI=1S/C15H25NO4/c1-4-7-16-9-12-5-6-14(15(8-12)19-3)20-11-13(17)10-18-2/h5-6,8,13,16-17H,4,7,9-11H2,1-3H3. The largest absolute Gasteiger partial charge is 0.493 e. The molecule has 1 aromatic rings. The Kier molecular flexibility index (Phi) is 8.02. The Morgan fingerprint density at radius 2 is 2.00 bits per heavy atom. The molecule has 0 aliphatic heterocycles. The van der Waals surface area contributed by atoms with Gasteiger partial charge in [0.25, 0.3) is 0 Å². The molecule has 1 unspecified atom stereocenters. The molecule has 1 rings (SSSR count). The average molecular weight is 283 g/mol. The van der Waals surface area contributed by atoms with Gasteiger partial charge in [0, 0.05) is 13.7 Å². The van der Waals surface area contributed by atoms with E-state index < -0.39 is 6.10 Å². The number of hydrogen-bond acceptors (Lipinski definition) is 5. The average Bonchev–Trinajstić information content (AvgIpc) is 2.46. The Hall–Kier alpha value is -1.30. The van der Waals surface area contributed by atoms with Crippen LogP contribution in [0.15, 0.2) is 18.2 Å².